The van der Waals surface area contributed by atoms with Crippen molar-refractivity contribution in [1.29, 1.82) is 0 Å². The molecule has 0 aromatic rings. The average molecular weight is 228 g/mol. The summed E-state index contributed by atoms with van der Waals surface area (Å²) < 4.78 is 4.84. The molecule has 0 bridgehead atoms. The Morgan fingerprint density at radius 3 is 2.81 bits per heavy atom. The Morgan fingerprint density at radius 2 is 2.31 bits per heavy atom. The average Bonchev–Trinajstić information content (AvgIpc) is 2.60. The van der Waals surface area contributed by atoms with E-state index in [1.807, 2.05) is 13.8 Å². The van der Waals surface area contributed by atoms with Crippen molar-refractivity contribution in [3.05, 3.63) is 0 Å². The highest BCUT2D eigenvalue weighted by Crippen LogP contribution is 2.19. The fraction of sp³-hybridized carbons (Fsp3) is 0.818. The first kappa shape index (κ1) is 13.0. The molecule has 16 heavy (non-hydrogen) atoms. The number of amides is 2. The molecule has 1 atom stereocenters. The van der Waals surface area contributed by atoms with Gasteiger partial charge in [-0.1, -0.05) is 0 Å². The third-order valence-electron chi connectivity index (χ3n) is 2.76. The minimum absolute atomic E-state index is 0.0476. The Hall–Kier alpha value is -1.10. The van der Waals surface area contributed by atoms with Gasteiger partial charge in [-0.15, -0.1) is 0 Å². The van der Waals surface area contributed by atoms with Crippen molar-refractivity contribution in [2.24, 2.45) is 5.92 Å². The lowest BCUT2D eigenvalue weighted by Gasteiger charge is -2.20. The van der Waals surface area contributed by atoms with Gasteiger partial charge in [-0.05, 0) is 13.8 Å². The molecule has 1 N–H and O–H groups in total. The van der Waals surface area contributed by atoms with Gasteiger partial charge in [-0.25, -0.2) is 0 Å². The summed E-state index contributed by atoms with van der Waals surface area (Å²) in [5.41, 5.74) is 0. The molecule has 1 fully saturated rings. The minimum Gasteiger partial charge on any atom is -0.383 e. The number of carbonyl (C=O) groups excluding carboxylic acids is 2. The topological polar surface area (TPSA) is 58.6 Å². The molecule has 5 heteroatoms. The highest BCUT2D eigenvalue weighted by molar-refractivity contribution is 5.89. The molecule has 1 rings (SSSR count). The summed E-state index contributed by atoms with van der Waals surface area (Å²) in [5.74, 6) is -0.179. The summed E-state index contributed by atoms with van der Waals surface area (Å²) in [4.78, 5) is 25.0. The first-order valence-electron chi connectivity index (χ1n) is 5.62. The van der Waals surface area contributed by atoms with E-state index in [2.05, 4.69) is 5.32 Å². The fourth-order valence-corrected chi connectivity index (χ4v) is 1.83. The molecule has 0 aromatic heterocycles. The van der Waals surface area contributed by atoms with Crippen LogP contribution in [0, 0.1) is 5.92 Å². The lowest BCUT2D eigenvalue weighted by Crippen LogP contribution is -2.36. The van der Waals surface area contributed by atoms with Gasteiger partial charge < -0.3 is 15.0 Å². The number of nitrogens with one attached hydrogen (secondary N) is 1. The molecule has 92 valence electrons. The lowest BCUT2D eigenvalue weighted by atomic mass is 10.1. The van der Waals surface area contributed by atoms with Gasteiger partial charge in [0.25, 0.3) is 0 Å². The van der Waals surface area contributed by atoms with E-state index in [4.69, 9.17) is 4.74 Å². The summed E-state index contributed by atoms with van der Waals surface area (Å²) in [5, 5.41) is 2.76. The number of rotatable bonds is 5. The second kappa shape index (κ2) is 5.84. The Bertz CT molecular complexity index is 266. The van der Waals surface area contributed by atoms with Crippen LogP contribution >= 0.6 is 0 Å². The predicted molar refractivity (Wildman–Crippen MR) is 59.8 cm³/mol. The zero-order valence-electron chi connectivity index (χ0n) is 10.2. The summed E-state index contributed by atoms with van der Waals surface area (Å²) in [6, 6.07) is 0.171. The maximum Gasteiger partial charge on any atom is 0.225 e. The van der Waals surface area contributed by atoms with Gasteiger partial charge in [-0.2, -0.15) is 0 Å². The van der Waals surface area contributed by atoms with Crippen molar-refractivity contribution in [2.75, 3.05) is 26.8 Å². The molecule has 0 aromatic carbocycles. The smallest absolute Gasteiger partial charge is 0.225 e. The Balaban J connectivity index is 2.39. The van der Waals surface area contributed by atoms with Crippen molar-refractivity contribution in [2.45, 2.75) is 26.3 Å². The van der Waals surface area contributed by atoms with Gasteiger partial charge in [0.05, 0.1) is 12.5 Å². The molecule has 0 spiro atoms. The Kier molecular flexibility index (Phi) is 4.73. The molecular formula is C11H20N2O3. The number of methoxy groups -OCH3 is 1. The molecule has 1 heterocycles. The Morgan fingerprint density at radius 1 is 1.62 bits per heavy atom. The fourth-order valence-electron chi connectivity index (χ4n) is 1.83. The largest absolute Gasteiger partial charge is 0.383 e. The third kappa shape index (κ3) is 3.20. The summed E-state index contributed by atoms with van der Waals surface area (Å²) >= 11 is 0. The zero-order valence-corrected chi connectivity index (χ0v) is 10.2. The number of hydrogen-bond acceptors (Lipinski definition) is 3. The van der Waals surface area contributed by atoms with Gasteiger partial charge in [0.2, 0.25) is 11.8 Å². The van der Waals surface area contributed by atoms with E-state index in [0.717, 1.165) is 0 Å². The first-order valence-corrected chi connectivity index (χ1v) is 5.62. The summed E-state index contributed by atoms with van der Waals surface area (Å²) in [6.07, 6.45) is 0.330. The van der Waals surface area contributed by atoms with E-state index >= 15 is 0 Å². The maximum absolute atomic E-state index is 11.7. The molecule has 1 unspecified atom stereocenters. The molecule has 2 amide bonds. The number of nitrogens with zero attached hydrogens (tertiary/aromatic N) is 1. The molecule has 5 nitrogen and oxygen atoms in total. The summed E-state index contributed by atoms with van der Waals surface area (Å²) in [7, 11) is 1.59. The van der Waals surface area contributed by atoms with Gasteiger partial charge in [0, 0.05) is 32.7 Å². The maximum atomic E-state index is 11.7. The quantitative estimate of drug-likeness (QED) is 0.674. The van der Waals surface area contributed by atoms with Crippen LogP contribution in [-0.2, 0) is 14.3 Å². The van der Waals surface area contributed by atoms with E-state index in [1.165, 1.54) is 0 Å². The minimum atomic E-state index is -0.202. The molecular weight excluding hydrogens is 208 g/mol. The number of ether oxygens (including phenoxy) is 1. The predicted octanol–water partition coefficient (Wildman–Crippen LogP) is 0.00590. The highest BCUT2D eigenvalue weighted by atomic mass is 16.5. The molecule has 1 aliphatic rings. The van der Waals surface area contributed by atoms with Crippen LogP contribution in [0.3, 0.4) is 0 Å². The van der Waals surface area contributed by atoms with Crippen LogP contribution in [-0.4, -0.2) is 49.6 Å². The van der Waals surface area contributed by atoms with Crippen molar-refractivity contribution in [3.8, 4) is 0 Å². The first-order chi connectivity index (χ1) is 7.56. The third-order valence-corrected chi connectivity index (χ3v) is 2.76. The van der Waals surface area contributed by atoms with Crippen molar-refractivity contribution >= 4 is 11.8 Å². The standard InChI is InChI=1S/C11H20N2O3/c1-8(2)13-7-9(6-10(13)14)11(15)12-4-5-16-3/h8-9H,4-7H2,1-3H3,(H,12,15). The van der Waals surface area contributed by atoms with Crippen LogP contribution in [0.15, 0.2) is 0 Å². The number of likely N-dealkylation sites (tertiary alicyclic amines) is 1. The highest BCUT2D eigenvalue weighted by Gasteiger charge is 2.35. The molecule has 0 aliphatic carbocycles. The van der Waals surface area contributed by atoms with Crippen molar-refractivity contribution < 1.29 is 14.3 Å². The van der Waals surface area contributed by atoms with Crippen LogP contribution in [0.25, 0.3) is 0 Å². The Labute approximate surface area is 96.1 Å². The number of hydrogen-bond donors (Lipinski definition) is 1. The van der Waals surface area contributed by atoms with E-state index in [1.54, 1.807) is 12.0 Å². The molecule has 0 radical (unpaired) electrons. The lowest BCUT2D eigenvalue weighted by molar-refractivity contribution is -0.129. The molecule has 1 aliphatic heterocycles. The zero-order chi connectivity index (χ0) is 12.1. The van der Waals surface area contributed by atoms with E-state index in [-0.39, 0.29) is 23.8 Å². The van der Waals surface area contributed by atoms with E-state index in [9.17, 15) is 9.59 Å². The van der Waals surface area contributed by atoms with Crippen LogP contribution in [0.4, 0.5) is 0 Å². The van der Waals surface area contributed by atoms with Crippen molar-refractivity contribution in [3.63, 3.8) is 0 Å². The molecule has 1 saturated heterocycles. The van der Waals surface area contributed by atoms with E-state index in [0.29, 0.717) is 26.1 Å². The van der Waals surface area contributed by atoms with Gasteiger partial charge >= 0.3 is 0 Å². The normalized spacial score (nSPS) is 20.6. The summed E-state index contributed by atoms with van der Waals surface area (Å²) in [6.45, 7) is 5.46. The SMILES string of the molecule is COCCNC(=O)C1CC(=O)N(C(C)C)C1. The van der Waals surface area contributed by atoms with Gasteiger partial charge in [0.15, 0.2) is 0 Å². The van der Waals surface area contributed by atoms with Gasteiger partial charge in [-0.3, -0.25) is 9.59 Å². The molecule has 0 saturated carbocycles. The van der Waals surface area contributed by atoms with Gasteiger partial charge in [0.1, 0.15) is 0 Å². The van der Waals surface area contributed by atoms with Crippen LogP contribution in [0.1, 0.15) is 20.3 Å². The van der Waals surface area contributed by atoms with Crippen LogP contribution in [0.2, 0.25) is 0 Å². The monoisotopic (exact) mass is 228 g/mol. The van der Waals surface area contributed by atoms with Crippen LogP contribution < -0.4 is 5.32 Å². The van der Waals surface area contributed by atoms with Crippen molar-refractivity contribution in [1.82, 2.24) is 10.2 Å². The van der Waals surface area contributed by atoms with E-state index < -0.39 is 0 Å². The number of carbonyl (C=O) groups is 2. The van der Waals surface area contributed by atoms with Crippen LogP contribution in [0.5, 0.6) is 0 Å². The second-order valence-electron chi connectivity index (χ2n) is 4.32. The second-order valence-corrected chi connectivity index (χ2v) is 4.32.